The van der Waals surface area contributed by atoms with Gasteiger partial charge in [0.25, 0.3) is 0 Å². The highest BCUT2D eigenvalue weighted by molar-refractivity contribution is 7.89. The van der Waals surface area contributed by atoms with Gasteiger partial charge in [0.05, 0.1) is 18.3 Å². The lowest BCUT2D eigenvalue weighted by molar-refractivity contribution is -0.187. The molecule has 0 radical (unpaired) electrons. The van der Waals surface area contributed by atoms with E-state index in [-0.39, 0.29) is 23.0 Å². The molecule has 0 aromatic carbocycles. The average Bonchev–Trinajstić information content (AvgIpc) is 2.38. The lowest BCUT2D eigenvalue weighted by atomic mass is 9.85. The number of aromatic nitrogens is 2. The fourth-order valence-corrected chi connectivity index (χ4v) is 3.67. The van der Waals surface area contributed by atoms with Crippen molar-refractivity contribution in [2.75, 3.05) is 0 Å². The molecule has 2 unspecified atom stereocenters. The Balaban J connectivity index is 2.20. The number of halogens is 4. The van der Waals surface area contributed by atoms with Crippen LogP contribution in [0.1, 0.15) is 25.7 Å². The van der Waals surface area contributed by atoms with Crippen LogP contribution in [-0.2, 0) is 10.0 Å². The summed E-state index contributed by atoms with van der Waals surface area (Å²) in [5.74, 6) is -1.67. The van der Waals surface area contributed by atoms with Crippen LogP contribution in [0.5, 0.6) is 0 Å². The van der Waals surface area contributed by atoms with Gasteiger partial charge < -0.3 is 0 Å². The summed E-state index contributed by atoms with van der Waals surface area (Å²) >= 11 is 5.45. The number of alkyl halides is 3. The van der Waals surface area contributed by atoms with Crippen molar-refractivity contribution in [1.29, 1.82) is 0 Å². The third-order valence-corrected chi connectivity index (χ3v) is 5.04. The molecule has 1 saturated carbocycles. The summed E-state index contributed by atoms with van der Waals surface area (Å²) in [4.78, 5) is 6.73. The van der Waals surface area contributed by atoms with Crippen LogP contribution in [-0.4, -0.2) is 30.6 Å². The van der Waals surface area contributed by atoms with Gasteiger partial charge in [-0.3, -0.25) is 0 Å². The summed E-state index contributed by atoms with van der Waals surface area (Å²) in [7, 11) is -4.10. The van der Waals surface area contributed by atoms with Crippen molar-refractivity contribution in [3.05, 3.63) is 17.7 Å². The standard InChI is InChI=1S/C11H13ClF3N3O2S/c12-10-16-5-7(6-17-10)21(19,20)18-9-4-2-1-3-8(9)11(13,14)15/h5-6,8-9,18H,1-4H2. The second kappa shape index (κ2) is 6.05. The van der Waals surface area contributed by atoms with Gasteiger partial charge in [-0.15, -0.1) is 0 Å². The van der Waals surface area contributed by atoms with E-state index < -0.39 is 28.2 Å². The van der Waals surface area contributed by atoms with Crippen LogP contribution >= 0.6 is 11.6 Å². The van der Waals surface area contributed by atoms with Crippen molar-refractivity contribution in [3.8, 4) is 0 Å². The minimum Gasteiger partial charge on any atom is -0.225 e. The molecule has 2 atom stereocenters. The van der Waals surface area contributed by atoms with Crippen molar-refractivity contribution in [3.63, 3.8) is 0 Å². The van der Waals surface area contributed by atoms with Crippen molar-refractivity contribution in [2.24, 2.45) is 5.92 Å². The zero-order valence-electron chi connectivity index (χ0n) is 10.8. The Kier molecular flexibility index (Phi) is 4.74. The molecule has 1 aromatic rings. The maximum absolute atomic E-state index is 12.9. The number of rotatable bonds is 3. The van der Waals surface area contributed by atoms with E-state index in [2.05, 4.69) is 14.7 Å². The monoisotopic (exact) mass is 343 g/mol. The third kappa shape index (κ3) is 4.04. The molecule has 0 amide bonds. The van der Waals surface area contributed by atoms with Gasteiger partial charge in [0.1, 0.15) is 4.90 Å². The van der Waals surface area contributed by atoms with E-state index in [4.69, 9.17) is 11.6 Å². The maximum atomic E-state index is 12.9. The summed E-state index contributed by atoms with van der Waals surface area (Å²) in [6, 6.07) is -1.17. The number of hydrogen-bond acceptors (Lipinski definition) is 4. The Bertz CT molecular complexity index is 592. The Hall–Kier alpha value is -0.930. The molecular formula is C11H13ClF3N3O2S. The highest BCUT2D eigenvalue weighted by Crippen LogP contribution is 2.38. The van der Waals surface area contributed by atoms with E-state index >= 15 is 0 Å². The Morgan fingerprint density at radius 3 is 2.33 bits per heavy atom. The SMILES string of the molecule is O=S(=O)(NC1CCCCC1C(F)(F)F)c1cnc(Cl)nc1. The fourth-order valence-electron chi connectivity index (χ4n) is 2.37. The topological polar surface area (TPSA) is 72.0 Å². The normalized spacial score (nSPS) is 24.0. The largest absolute Gasteiger partial charge is 0.393 e. The van der Waals surface area contributed by atoms with Gasteiger partial charge in [-0.2, -0.15) is 13.2 Å². The number of nitrogens with one attached hydrogen (secondary N) is 1. The van der Waals surface area contributed by atoms with Crippen LogP contribution < -0.4 is 4.72 Å². The molecular weight excluding hydrogens is 331 g/mol. The molecule has 1 heterocycles. The Labute approximate surface area is 125 Å². The van der Waals surface area contributed by atoms with Gasteiger partial charge in [-0.25, -0.2) is 23.1 Å². The van der Waals surface area contributed by atoms with Crippen molar-refractivity contribution in [2.45, 2.75) is 42.8 Å². The first-order valence-corrected chi connectivity index (χ1v) is 8.13. The molecule has 1 aliphatic rings. The Morgan fingerprint density at radius 2 is 1.76 bits per heavy atom. The van der Waals surface area contributed by atoms with Crippen LogP contribution in [0.3, 0.4) is 0 Å². The maximum Gasteiger partial charge on any atom is 0.393 e. The van der Waals surface area contributed by atoms with Gasteiger partial charge in [0.2, 0.25) is 15.3 Å². The van der Waals surface area contributed by atoms with Gasteiger partial charge in [0, 0.05) is 6.04 Å². The lowest BCUT2D eigenvalue weighted by Crippen LogP contribution is -2.47. The molecule has 0 spiro atoms. The fraction of sp³-hybridized carbons (Fsp3) is 0.636. The molecule has 0 saturated heterocycles. The summed E-state index contributed by atoms with van der Waals surface area (Å²) in [6.45, 7) is 0. The second-order valence-corrected chi connectivity index (χ2v) is 6.90. The molecule has 5 nitrogen and oxygen atoms in total. The van der Waals surface area contributed by atoms with Crippen LogP contribution in [0.25, 0.3) is 0 Å². The van der Waals surface area contributed by atoms with Crippen molar-refractivity contribution in [1.82, 2.24) is 14.7 Å². The molecule has 0 aliphatic heterocycles. The third-order valence-electron chi connectivity index (χ3n) is 3.40. The van der Waals surface area contributed by atoms with E-state index in [9.17, 15) is 21.6 Å². The number of hydrogen-bond donors (Lipinski definition) is 1. The summed E-state index contributed by atoms with van der Waals surface area (Å²) < 4.78 is 65.1. The summed E-state index contributed by atoms with van der Waals surface area (Å²) in [6.07, 6.45) is -1.44. The molecule has 10 heteroatoms. The molecule has 21 heavy (non-hydrogen) atoms. The zero-order chi connectivity index (χ0) is 15.7. The van der Waals surface area contributed by atoms with Gasteiger partial charge in [0.15, 0.2) is 0 Å². The van der Waals surface area contributed by atoms with Crippen molar-refractivity contribution >= 4 is 21.6 Å². The van der Waals surface area contributed by atoms with Gasteiger partial charge in [-0.05, 0) is 24.4 Å². The van der Waals surface area contributed by atoms with Gasteiger partial charge in [-0.1, -0.05) is 12.8 Å². The Morgan fingerprint density at radius 1 is 1.19 bits per heavy atom. The molecule has 1 N–H and O–H groups in total. The first-order valence-electron chi connectivity index (χ1n) is 6.27. The van der Waals surface area contributed by atoms with Crippen molar-refractivity contribution < 1.29 is 21.6 Å². The predicted octanol–water partition coefficient (Wildman–Crippen LogP) is 2.53. The molecule has 118 valence electrons. The van der Waals surface area contributed by atoms with E-state index in [1.807, 2.05) is 0 Å². The van der Waals surface area contributed by atoms with Crippen LogP contribution in [0, 0.1) is 5.92 Å². The van der Waals surface area contributed by atoms with E-state index in [1.54, 1.807) is 0 Å². The predicted molar refractivity (Wildman–Crippen MR) is 69.2 cm³/mol. The van der Waals surface area contributed by atoms with E-state index in [1.165, 1.54) is 0 Å². The minimum atomic E-state index is -4.43. The second-order valence-electron chi connectivity index (χ2n) is 4.85. The minimum absolute atomic E-state index is 0.0756. The van der Waals surface area contributed by atoms with E-state index in [0.717, 1.165) is 12.4 Å². The zero-order valence-corrected chi connectivity index (χ0v) is 12.3. The number of sulfonamides is 1. The van der Waals surface area contributed by atoms with Crippen LogP contribution in [0.4, 0.5) is 13.2 Å². The average molecular weight is 344 g/mol. The number of nitrogens with zero attached hydrogens (tertiary/aromatic N) is 2. The molecule has 2 rings (SSSR count). The van der Waals surface area contributed by atoms with E-state index in [0.29, 0.717) is 12.8 Å². The van der Waals surface area contributed by atoms with Crippen LogP contribution in [0.2, 0.25) is 5.28 Å². The quantitative estimate of drug-likeness (QED) is 0.856. The first-order chi connectivity index (χ1) is 9.70. The highest BCUT2D eigenvalue weighted by Gasteiger charge is 2.46. The smallest absolute Gasteiger partial charge is 0.225 e. The molecule has 1 aliphatic carbocycles. The molecule has 0 bridgehead atoms. The summed E-state index contributed by atoms with van der Waals surface area (Å²) in [5.41, 5.74) is 0. The molecule has 1 fully saturated rings. The van der Waals surface area contributed by atoms with Crippen LogP contribution in [0.15, 0.2) is 17.3 Å². The first kappa shape index (κ1) is 16.4. The van der Waals surface area contributed by atoms with Gasteiger partial charge >= 0.3 is 6.18 Å². The highest BCUT2D eigenvalue weighted by atomic mass is 35.5. The summed E-state index contributed by atoms with van der Waals surface area (Å²) in [5, 5.41) is -0.139. The lowest BCUT2D eigenvalue weighted by Gasteiger charge is -2.33. The molecule has 1 aromatic heterocycles.